The van der Waals surface area contributed by atoms with Crippen molar-refractivity contribution in [1.29, 1.82) is 0 Å². The van der Waals surface area contributed by atoms with E-state index in [9.17, 15) is 4.79 Å². The number of hydrogen-bond acceptors (Lipinski definition) is 2. The Hall–Kier alpha value is -0.740. The lowest BCUT2D eigenvalue weighted by Crippen LogP contribution is -2.21. The molecular weight excluding hydrogens is 318 g/mol. The van der Waals surface area contributed by atoms with E-state index in [1.54, 1.807) is 18.2 Å². The molecule has 0 aliphatic heterocycles. The number of halogens is 4. The van der Waals surface area contributed by atoms with Gasteiger partial charge in [0, 0.05) is 10.0 Å². The van der Waals surface area contributed by atoms with Crippen LogP contribution in [0.15, 0.2) is 29.3 Å². The van der Waals surface area contributed by atoms with Gasteiger partial charge in [0.15, 0.2) is 5.15 Å². The van der Waals surface area contributed by atoms with Crippen LogP contribution in [0.2, 0.25) is 20.2 Å². The third-order valence-corrected chi connectivity index (χ3v) is 3.62. The Kier molecular flexibility index (Phi) is 4.17. The predicted octanol–water partition coefficient (Wildman–Crippen LogP) is 3.91. The third-order valence-electron chi connectivity index (χ3n) is 2.29. The fourth-order valence-electron chi connectivity index (χ4n) is 1.40. The van der Waals surface area contributed by atoms with E-state index in [1.807, 2.05) is 0 Å². The molecule has 2 rings (SSSR count). The van der Waals surface area contributed by atoms with Crippen molar-refractivity contribution in [3.05, 3.63) is 60.7 Å². The van der Waals surface area contributed by atoms with Gasteiger partial charge in [-0.1, -0.05) is 46.4 Å². The van der Waals surface area contributed by atoms with E-state index in [2.05, 4.69) is 4.98 Å². The summed E-state index contributed by atoms with van der Waals surface area (Å²) in [6.45, 7) is 0.224. The Bertz CT molecular complexity index is 654. The van der Waals surface area contributed by atoms with E-state index in [0.717, 1.165) is 0 Å². The lowest BCUT2D eigenvalue weighted by Gasteiger charge is -2.08. The summed E-state index contributed by atoms with van der Waals surface area (Å²) in [7, 11) is 0. The van der Waals surface area contributed by atoms with Crippen LogP contribution in [-0.4, -0.2) is 9.55 Å². The van der Waals surface area contributed by atoms with Crippen LogP contribution in [0, 0.1) is 0 Å². The molecule has 7 heteroatoms. The maximum Gasteiger partial charge on any atom is 0.273 e. The molecule has 94 valence electrons. The summed E-state index contributed by atoms with van der Waals surface area (Å²) >= 11 is 23.3. The average Bonchev–Trinajstić information content (AvgIpc) is 2.34. The third kappa shape index (κ3) is 2.81. The molecule has 0 aliphatic carbocycles. The molecule has 18 heavy (non-hydrogen) atoms. The summed E-state index contributed by atoms with van der Waals surface area (Å²) in [5, 5.41) is 0.917. The van der Waals surface area contributed by atoms with Crippen LogP contribution in [0.3, 0.4) is 0 Å². The van der Waals surface area contributed by atoms with Gasteiger partial charge in [-0.05, 0) is 23.8 Å². The zero-order valence-corrected chi connectivity index (χ0v) is 11.9. The second kappa shape index (κ2) is 5.49. The molecule has 0 fully saturated rings. The molecule has 2 aromatic rings. The minimum atomic E-state index is -0.423. The highest BCUT2D eigenvalue weighted by Gasteiger charge is 2.09. The van der Waals surface area contributed by atoms with E-state index in [0.29, 0.717) is 15.6 Å². The molecule has 0 atom stereocenters. The van der Waals surface area contributed by atoms with E-state index in [1.165, 1.54) is 10.9 Å². The average molecular weight is 324 g/mol. The molecule has 0 unspecified atom stereocenters. The van der Waals surface area contributed by atoms with Crippen LogP contribution in [0.25, 0.3) is 0 Å². The monoisotopic (exact) mass is 322 g/mol. The summed E-state index contributed by atoms with van der Waals surface area (Å²) in [5.41, 5.74) is 0.277. The van der Waals surface area contributed by atoms with Gasteiger partial charge in [0.1, 0.15) is 5.02 Å². The fraction of sp³-hybridized carbons (Fsp3) is 0.0909. The Morgan fingerprint density at radius 2 is 1.89 bits per heavy atom. The first-order valence-electron chi connectivity index (χ1n) is 4.83. The number of aromatic nitrogens is 2. The molecule has 0 aliphatic rings. The molecule has 0 amide bonds. The standard InChI is InChI=1S/C11H6Cl4N2O/c12-7-1-2-8(13)6(3-7)4-17-5-16-10(15)9(14)11(17)18/h1-3,5H,4H2. The first-order chi connectivity index (χ1) is 8.49. The van der Waals surface area contributed by atoms with Crippen LogP contribution >= 0.6 is 46.4 Å². The van der Waals surface area contributed by atoms with Gasteiger partial charge < -0.3 is 0 Å². The lowest BCUT2D eigenvalue weighted by atomic mass is 10.2. The SMILES string of the molecule is O=c1c(Cl)c(Cl)ncn1Cc1cc(Cl)ccc1Cl. The molecule has 0 saturated heterocycles. The first-order valence-corrected chi connectivity index (χ1v) is 6.34. The van der Waals surface area contributed by atoms with Crippen LogP contribution in [-0.2, 0) is 6.54 Å². The van der Waals surface area contributed by atoms with Crippen molar-refractivity contribution in [3.63, 3.8) is 0 Å². The van der Waals surface area contributed by atoms with Crippen LogP contribution in [0.1, 0.15) is 5.56 Å². The Labute approximate surface area is 123 Å². The van der Waals surface area contributed by atoms with E-state index >= 15 is 0 Å². The Morgan fingerprint density at radius 3 is 2.61 bits per heavy atom. The van der Waals surface area contributed by atoms with Gasteiger partial charge in [-0.2, -0.15) is 0 Å². The Morgan fingerprint density at radius 1 is 1.17 bits per heavy atom. The molecule has 3 nitrogen and oxygen atoms in total. The van der Waals surface area contributed by atoms with Crippen molar-refractivity contribution in [2.24, 2.45) is 0 Å². The van der Waals surface area contributed by atoms with E-state index in [-0.39, 0.29) is 16.7 Å². The summed E-state index contributed by atoms with van der Waals surface area (Å²) in [4.78, 5) is 15.6. The maximum absolute atomic E-state index is 11.8. The van der Waals surface area contributed by atoms with Gasteiger partial charge in [-0.25, -0.2) is 4.98 Å². The van der Waals surface area contributed by atoms with Crippen LogP contribution < -0.4 is 5.56 Å². The highest BCUT2D eigenvalue weighted by atomic mass is 35.5. The van der Waals surface area contributed by atoms with Crippen molar-refractivity contribution in [2.75, 3.05) is 0 Å². The first kappa shape index (κ1) is 13.7. The largest absolute Gasteiger partial charge is 0.293 e. The smallest absolute Gasteiger partial charge is 0.273 e. The molecule has 0 N–H and O–H groups in total. The Balaban J connectivity index is 2.44. The normalized spacial score (nSPS) is 10.7. The van der Waals surface area contributed by atoms with Crippen molar-refractivity contribution >= 4 is 46.4 Å². The highest BCUT2D eigenvalue weighted by molar-refractivity contribution is 6.41. The van der Waals surface area contributed by atoms with Crippen LogP contribution in [0.4, 0.5) is 0 Å². The van der Waals surface area contributed by atoms with Crippen molar-refractivity contribution in [1.82, 2.24) is 9.55 Å². The van der Waals surface area contributed by atoms with Gasteiger partial charge in [0.05, 0.1) is 12.9 Å². The number of benzene rings is 1. The molecule has 1 aromatic heterocycles. The van der Waals surface area contributed by atoms with Crippen molar-refractivity contribution in [2.45, 2.75) is 6.54 Å². The quantitative estimate of drug-likeness (QED) is 0.785. The fourth-order valence-corrected chi connectivity index (χ4v) is 2.06. The number of rotatable bonds is 2. The molecule has 0 bridgehead atoms. The lowest BCUT2D eigenvalue weighted by molar-refractivity contribution is 0.736. The molecular formula is C11H6Cl4N2O. The minimum Gasteiger partial charge on any atom is -0.293 e. The maximum atomic E-state index is 11.8. The summed E-state index contributed by atoms with van der Waals surface area (Å²) in [6, 6.07) is 5.01. The topological polar surface area (TPSA) is 34.9 Å². The zero-order valence-electron chi connectivity index (χ0n) is 8.83. The number of hydrogen-bond donors (Lipinski definition) is 0. The van der Waals surface area contributed by atoms with Gasteiger partial charge >= 0.3 is 0 Å². The van der Waals surface area contributed by atoms with Gasteiger partial charge in [-0.15, -0.1) is 0 Å². The summed E-state index contributed by atoms with van der Waals surface area (Å²) in [6.07, 6.45) is 1.31. The number of nitrogens with zero attached hydrogens (tertiary/aromatic N) is 2. The van der Waals surface area contributed by atoms with E-state index in [4.69, 9.17) is 46.4 Å². The van der Waals surface area contributed by atoms with Gasteiger partial charge in [0.25, 0.3) is 5.56 Å². The van der Waals surface area contributed by atoms with Crippen LogP contribution in [0.5, 0.6) is 0 Å². The van der Waals surface area contributed by atoms with Crippen molar-refractivity contribution in [3.8, 4) is 0 Å². The van der Waals surface area contributed by atoms with Crippen molar-refractivity contribution < 1.29 is 0 Å². The molecule has 1 aromatic carbocycles. The van der Waals surface area contributed by atoms with E-state index < -0.39 is 5.56 Å². The van der Waals surface area contributed by atoms with Gasteiger partial charge in [0.2, 0.25) is 0 Å². The van der Waals surface area contributed by atoms with Gasteiger partial charge in [-0.3, -0.25) is 9.36 Å². The zero-order chi connectivity index (χ0) is 13.3. The summed E-state index contributed by atoms with van der Waals surface area (Å²) < 4.78 is 1.31. The second-order valence-electron chi connectivity index (χ2n) is 3.52. The summed E-state index contributed by atoms with van der Waals surface area (Å²) in [5.74, 6) is 0. The molecule has 1 heterocycles. The predicted molar refractivity (Wildman–Crippen MR) is 74.1 cm³/mol. The highest BCUT2D eigenvalue weighted by Crippen LogP contribution is 2.21. The minimum absolute atomic E-state index is 0.0184. The molecule has 0 spiro atoms. The second-order valence-corrected chi connectivity index (χ2v) is 5.10. The molecule has 0 radical (unpaired) electrons. The molecule has 0 saturated carbocycles.